The van der Waals surface area contributed by atoms with Gasteiger partial charge in [-0.25, -0.2) is 0 Å². The summed E-state index contributed by atoms with van der Waals surface area (Å²) in [4.78, 5) is 26.6. The Morgan fingerprint density at radius 3 is 2.27 bits per heavy atom. The number of carbonyl (C=O) groups is 2. The maximum absolute atomic E-state index is 12.0. The fourth-order valence-electron chi connectivity index (χ4n) is 4.14. The van der Waals surface area contributed by atoms with Crippen molar-refractivity contribution in [1.29, 1.82) is 0 Å². The third-order valence-electron chi connectivity index (χ3n) is 5.98. The number of carboxylic acid groups (broad SMARTS) is 1. The highest BCUT2D eigenvalue weighted by Crippen LogP contribution is 2.28. The van der Waals surface area contributed by atoms with Crippen molar-refractivity contribution in [3.63, 3.8) is 0 Å². The average Bonchev–Trinajstić information content (AvgIpc) is 3.18. The number of aromatic amines is 1. The molecule has 0 atom stereocenters. The molecule has 0 unspecified atom stereocenters. The van der Waals surface area contributed by atoms with Crippen molar-refractivity contribution in [3.8, 4) is 0 Å². The number of allylic oxidation sites excluding steroid dienone is 1. The fourth-order valence-corrected chi connectivity index (χ4v) is 4.14. The summed E-state index contributed by atoms with van der Waals surface area (Å²) in [5.41, 5.74) is 9.59. The summed E-state index contributed by atoms with van der Waals surface area (Å²) >= 11 is 0. The molecule has 2 aromatic rings. The molecule has 30 heavy (non-hydrogen) atoms. The smallest absolute Gasteiger partial charge is 0.303 e. The average molecular weight is 407 g/mol. The van der Waals surface area contributed by atoms with Crippen LogP contribution in [0.25, 0.3) is 6.08 Å². The largest absolute Gasteiger partial charge is 0.481 e. The van der Waals surface area contributed by atoms with E-state index in [1.807, 2.05) is 38.1 Å². The Kier molecular flexibility index (Phi) is 6.60. The quantitative estimate of drug-likeness (QED) is 0.601. The Hall–Kier alpha value is -3.08. The van der Waals surface area contributed by atoms with Crippen LogP contribution in [0.1, 0.15) is 67.8 Å². The van der Waals surface area contributed by atoms with Gasteiger partial charge in [0.15, 0.2) is 0 Å². The van der Waals surface area contributed by atoms with E-state index in [4.69, 9.17) is 5.11 Å². The zero-order valence-corrected chi connectivity index (χ0v) is 18.2. The van der Waals surface area contributed by atoms with Gasteiger partial charge in [0, 0.05) is 35.5 Å². The minimum atomic E-state index is -0.779. The van der Waals surface area contributed by atoms with Crippen molar-refractivity contribution in [2.75, 3.05) is 0 Å². The van der Waals surface area contributed by atoms with Gasteiger partial charge in [-0.2, -0.15) is 0 Å². The number of rotatable bonds is 8. The molecule has 0 radical (unpaired) electrons. The summed E-state index contributed by atoms with van der Waals surface area (Å²) in [5, 5.41) is 12.0. The van der Waals surface area contributed by atoms with Gasteiger partial charge in [-0.1, -0.05) is 38.1 Å². The van der Waals surface area contributed by atoms with Crippen LogP contribution >= 0.6 is 0 Å². The minimum Gasteiger partial charge on any atom is -0.481 e. The normalized spacial score (nSPS) is 15.2. The topological polar surface area (TPSA) is 82.2 Å². The molecule has 1 aromatic heterocycles. The molecule has 5 nitrogen and oxygen atoms in total. The third-order valence-corrected chi connectivity index (χ3v) is 5.98. The van der Waals surface area contributed by atoms with E-state index in [2.05, 4.69) is 30.2 Å². The second kappa shape index (κ2) is 9.16. The summed E-state index contributed by atoms with van der Waals surface area (Å²) in [6, 6.07) is 8.06. The number of benzene rings is 1. The summed E-state index contributed by atoms with van der Waals surface area (Å²) in [5.74, 6) is -0.815. The number of aliphatic carboxylic acids is 1. The fraction of sp³-hybridized carbons (Fsp3) is 0.360. The number of H-pyrrole nitrogens is 1. The Balaban J connectivity index is 1.98. The Morgan fingerprint density at radius 2 is 1.70 bits per heavy atom. The Bertz CT molecular complexity index is 1040. The van der Waals surface area contributed by atoms with Crippen LogP contribution in [0, 0.1) is 0 Å². The number of carboxylic acids is 1. The van der Waals surface area contributed by atoms with Gasteiger partial charge in [0.05, 0.1) is 0 Å². The molecule has 3 N–H and O–H groups in total. The van der Waals surface area contributed by atoms with Gasteiger partial charge in [-0.3, -0.25) is 9.59 Å². The summed E-state index contributed by atoms with van der Waals surface area (Å²) < 4.78 is 0. The van der Waals surface area contributed by atoms with Crippen LogP contribution in [0.2, 0.25) is 0 Å². The zero-order chi connectivity index (χ0) is 21.8. The van der Waals surface area contributed by atoms with Crippen LogP contribution in [-0.2, 0) is 35.3 Å². The molecular weight excluding hydrogens is 376 g/mol. The molecule has 1 aliphatic heterocycles. The first-order chi connectivity index (χ1) is 14.3. The van der Waals surface area contributed by atoms with E-state index < -0.39 is 5.97 Å². The number of hydrogen-bond acceptors (Lipinski definition) is 2. The molecule has 1 amide bonds. The number of hydrogen-bond donors (Lipinski definition) is 3. The third kappa shape index (κ3) is 4.40. The number of amides is 1. The molecular formula is C25H30N2O3. The van der Waals surface area contributed by atoms with E-state index in [1.165, 1.54) is 11.1 Å². The highest BCUT2D eigenvalue weighted by Gasteiger charge is 2.22. The van der Waals surface area contributed by atoms with Gasteiger partial charge in [0.1, 0.15) is 0 Å². The van der Waals surface area contributed by atoms with E-state index in [0.29, 0.717) is 6.42 Å². The predicted molar refractivity (Wildman–Crippen MR) is 119 cm³/mol. The SMILES string of the molecule is CCc1c(/C=C2\NC(=O)C(C)=C2C)[nH]c(Cc2ccccc2CCC(=O)O)c1CC. The van der Waals surface area contributed by atoms with E-state index in [-0.39, 0.29) is 12.3 Å². The van der Waals surface area contributed by atoms with Gasteiger partial charge < -0.3 is 15.4 Å². The van der Waals surface area contributed by atoms with Gasteiger partial charge in [0.2, 0.25) is 0 Å². The highest BCUT2D eigenvalue weighted by molar-refractivity contribution is 6.00. The number of aromatic nitrogens is 1. The van der Waals surface area contributed by atoms with E-state index in [9.17, 15) is 9.59 Å². The van der Waals surface area contributed by atoms with E-state index >= 15 is 0 Å². The van der Waals surface area contributed by atoms with Crippen molar-refractivity contribution in [2.45, 2.75) is 59.8 Å². The van der Waals surface area contributed by atoms with Crippen molar-refractivity contribution in [3.05, 3.63) is 74.8 Å². The van der Waals surface area contributed by atoms with Crippen molar-refractivity contribution < 1.29 is 14.7 Å². The van der Waals surface area contributed by atoms with Crippen LogP contribution in [0.3, 0.4) is 0 Å². The number of nitrogens with one attached hydrogen (secondary N) is 2. The Labute approximate surface area is 177 Å². The van der Waals surface area contributed by atoms with E-state index in [1.54, 1.807) is 0 Å². The molecule has 0 bridgehead atoms. The molecule has 3 rings (SSSR count). The lowest BCUT2D eigenvalue weighted by molar-refractivity contribution is -0.137. The number of carbonyl (C=O) groups excluding carboxylic acids is 1. The lowest BCUT2D eigenvalue weighted by atomic mass is 9.96. The molecule has 0 aliphatic carbocycles. The van der Waals surface area contributed by atoms with E-state index in [0.717, 1.165) is 58.6 Å². The molecule has 0 fully saturated rings. The first kappa shape index (κ1) is 21.6. The van der Waals surface area contributed by atoms with Crippen molar-refractivity contribution in [1.82, 2.24) is 10.3 Å². The lowest BCUT2D eigenvalue weighted by Gasteiger charge is -2.09. The second-order valence-corrected chi connectivity index (χ2v) is 7.78. The lowest BCUT2D eigenvalue weighted by Crippen LogP contribution is -2.15. The molecule has 1 aromatic carbocycles. The molecule has 1 aliphatic rings. The predicted octanol–water partition coefficient (Wildman–Crippen LogP) is 4.55. The molecule has 0 saturated carbocycles. The Morgan fingerprint density at radius 1 is 1.03 bits per heavy atom. The minimum absolute atomic E-state index is 0.0355. The van der Waals surface area contributed by atoms with Gasteiger partial charge >= 0.3 is 5.97 Å². The highest BCUT2D eigenvalue weighted by atomic mass is 16.4. The first-order valence-electron chi connectivity index (χ1n) is 10.6. The summed E-state index contributed by atoms with van der Waals surface area (Å²) in [6.07, 6.45) is 5.24. The molecule has 158 valence electrons. The first-order valence-corrected chi connectivity index (χ1v) is 10.6. The summed E-state index contributed by atoms with van der Waals surface area (Å²) in [6.45, 7) is 8.12. The maximum atomic E-state index is 12.0. The second-order valence-electron chi connectivity index (χ2n) is 7.78. The molecule has 5 heteroatoms. The maximum Gasteiger partial charge on any atom is 0.303 e. The van der Waals surface area contributed by atoms with Crippen molar-refractivity contribution >= 4 is 18.0 Å². The van der Waals surface area contributed by atoms with Crippen LogP contribution in [0.15, 0.2) is 41.1 Å². The summed E-state index contributed by atoms with van der Waals surface area (Å²) in [7, 11) is 0. The monoisotopic (exact) mass is 406 g/mol. The molecule has 2 heterocycles. The van der Waals surface area contributed by atoms with Crippen LogP contribution in [0.4, 0.5) is 0 Å². The number of aryl methyl sites for hydroxylation is 1. The van der Waals surface area contributed by atoms with Crippen LogP contribution < -0.4 is 5.32 Å². The van der Waals surface area contributed by atoms with Gasteiger partial charge in [-0.15, -0.1) is 0 Å². The van der Waals surface area contributed by atoms with Crippen molar-refractivity contribution in [2.24, 2.45) is 0 Å². The standard InChI is InChI=1S/C25H30N2O3/c1-5-19-20(6-2)23(14-21-15(3)16(4)25(30)27-21)26-22(19)13-18-10-8-7-9-17(18)11-12-24(28)29/h7-10,14,26H,5-6,11-13H2,1-4H3,(H,27,30)(H,28,29)/b21-14-. The molecule has 0 saturated heterocycles. The molecule has 0 spiro atoms. The van der Waals surface area contributed by atoms with Gasteiger partial charge in [0.25, 0.3) is 5.91 Å². The van der Waals surface area contributed by atoms with Crippen LogP contribution in [-0.4, -0.2) is 22.0 Å². The zero-order valence-electron chi connectivity index (χ0n) is 18.2. The van der Waals surface area contributed by atoms with Crippen LogP contribution in [0.5, 0.6) is 0 Å². The van der Waals surface area contributed by atoms with Gasteiger partial charge in [-0.05, 0) is 67.0 Å².